The molecule has 0 saturated carbocycles. The van der Waals surface area contributed by atoms with Gasteiger partial charge in [0, 0.05) is 11.6 Å². The van der Waals surface area contributed by atoms with Crippen molar-refractivity contribution >= 4 is 11.6 Å². The van der Waals surface area contributed by atoms with Crippen molar-refractivity contribution in [1.82, 2.24) is 25.1 Å². The van der Waals surface area contributed by atoms with E-state index >= 15 is 0 Å². The van der Waals surface area contributed by atoms with Crippen LogP contribution in [0.5, 0.6) is 17.4 Å². The van der Waals surface area contributed by atoms with Crippen molar-refractivity contribution in [2.24, 2.45) is 0 Å². The molecule has 1 amide bonds. The number of amides is 1. The number of carbonyl (C=O) groups excluding carboxylic acids is 1. The van der Waals surface area contributed by atoms with Gasteiger partial charge < -0.3 is 19.5 Å². The first-order valence-electron chi connectivity index (χ1n) is 9.85. The Bertz CT molecular complexity index is 1210. The lowest BCUT2D eigenvalue weighted by molar-refractivity contribution is -0.130. The van der Waals surface area contributed by atoms with Gasteiger partial charge in [-0.1, -0.05) is 42.5 Å². The van der Waals surface area contributed by atoms with Gasteiger partial charge in [-0.3, -0.25) is 4.79 Å². The topological polar surface area (TPSA) is 99.9 Å². The number of para-hydroxylation sites is 2. The molecule has 31 heavy (non-hydrogen) atoms. The molecule has 1 N–H and O–H groups in total. The summed E-state index contributed by atoms with van der Waals surface area (Å²) < 4.78 is 18.6. The zero-order valence-corrected chi connectivity index (χ0v) is 16.5. The number of hydrogen-bond donors (Lipinski definition) is 1. The van der Waals surface area contributed by atoms with Crippen LogP contribution in [-0.2, 0) is 4.79 Å². The number of hydrogen-bond acceptors (Lipinski definition) is 7. The molecule has 0 radical (unpaired) electrons. The first-order valence-corrected chi connectivity index (χ1v) is 9.85. The van der Waals surface area contributed by atoms with Crippen LogP contribution in [0.1, 0.15) is 0 Å². The minimum atomic E-state index is -0.699. The Hall–Kier alpha value is -4.14. The summed E-state index contributed by atoms with van der Waals surface area (Å²) in [5, 5.41) is 15.6. The third-order valence-electron chi connectivity index (χ3n) is 4.72. The summed E-state index contributed by atoms with van der Waals surface area (Å²) in [6.45, 7) is 0.711. The summed E-state index contributed by atoms with van der Waals surface area (Å²) in [5.74, 6) is 1.98. The molecule has 0 aliphatic carbocycles. The van der Waals surface area contributed by atoms with E-state index in [9.17, 15) is 4.79 Å². The summed E-state index contributed by atoms with van der Waals surface area (Å²) in [7, 11) is 0. The molecule has 1 aliphatic rings. The fourth-order valence-electron chi connectivity index (χ4n) is 3.21. The van der Waals surface area contributed by atoms with Crippen LogP contribution in [0.4, 0.5) is 0 Å². The van der Waals surface area contributed by atoms with E-state index in [0.717, 1.165) is 5.56 Å². The highest BCUT2D eigenvalue weighted by Crippen LogP contribution is 2.30. The molecule has 0 fully saturated rings. The Morgan fingerprint density at radius 2 is 1.84 bits per heavy atom. The van der Waals surface area contributed by atoms with Crippen molar-refractivity contribution in [3.8, 4) is 28.8 Å². The molecular weight excluding hydrogens is 398 g/mol. The lowest BCUT2D eigenvalue weighted by Gasteiger charge is -2.25. The first kappa shape index (κ1) is 18.9. The van der Waals surface area contributed by atoms with E-state index in [0.29, 0.717) is 35.4 Å². The maximum Gasteiger partial charge on any atom is 0.264 e. The van der Waals surface area contributed by atoms with Crippen molar-refractivity contribution in [2.45, 2.75) is 6.10 Å². The summed E-state index contributed by atoms with van der Waals surface area (Å²) in [4.78, 5) is 12.4. The zero-order valence-electron chi connectivity index (χ0n) is 16.5. The number of nitrogens with one attached hydrogen (secondary N) is 1. The maximum absolute atomic E-state index is 12.4. The van der Waals surface area contributed by atoms with Gasteiger partial charge in [0.25, 0.3) is 5.91 Å². The molecule has 2 aromatic carbocycles. The predicted molar refractivity (Wildman–Crippen MR) is 111 cm³/mol. The second-order valence-corrected chi connectivity index (χ2v) is 6.83. The number of nitrogens with zero attached hydrogens (tertiary/aromatic N) is 4. The maximum atomic E-state index is 12.4. The van der Waals surface area contributed by atoms with E-state index in [1.165, 1.54) is 0 Å². The number of rotatable bonds is 6. The van der Waals surface area contributed by atoms with Gasteiger partial charge in [-0.25, -0.2) is 0 Å². The van der Waals surface area contributed by atoms with Gasteiger partial charge in [-0.2, -0.15) is 4.52 Å². The quantitative estimate of drug-likeness (QED) is 0.480. The van der Waals surface area contributed by atoms with Crippen molar-refractivity contribution in [1.29, 1.82) is 0 Å². The summed E-state index contributed by atoms with van der Waals surface area (Å²) in [6, 6.07) is 20.4. The van der Waals surface area contributed by atoms with Crippen LogP contribution in [0.2, 0.25) is 0 Å². The van der Waals surface area contributed by atoms with E-state index < -0.39 is 6.10 Å². The van der Waals surface area contributed by atoms with Gasteiger partial charge in [0.2, 0.25) is 12.0 Å². The van der Waals surface area contributed by atoms with Crippen molar-refractivity contribution in [2.75, 3.05) is 19.8 Å². The normalized spacial score (nSPS) is 14.9. The lowest BCUT2D eigenvalue weighted by atomic mass is 10.2. The summed E-state index contributed by atoms with van der Waals surface area (Å²) >= 11 is 0. The highest BCUT2D eigenvalue weighted by atomic mass is 16.6. The summed E-state index contributed by atoms with van der Waals surface area (Å²) in [6.07, 6.45) is -0.699. The Morgan fingerprint density at radius 3 is 2.71 bits per heavy atom. The molecular formula is C22H19N5O4. The van der Waals surface area contributed by atoms with Crippen molar-refractivity contribution < 1.29 is 19.0 Å². The van der Waals surface area contributed by atoms with Crippen LogP contribution in [0, 0.1) is 0 Å². The first-order chi connectivity index (χ1) is 15.3. The van der Waals surface area contributed by atoms with Crippen molar-refractivity contribution in [3.63, 3.8) is 0 Å². The molecule has 3 heterocycles. The number of carbonyl (C=O) groups is 1. The Kier molecular flexibility index (Phi) is 5.05. The molecule has 9 nitrogen and oxygen atoms in total. The molecule has 1 unspecified atom stereocenters. The molecule has 5 rings (SSSR count). The highest BCUT2D eigenvalue weighted by Gasteiger charge is 2.26. The minimum Gasteiger partial charge on any atom is -0.485 e. The molecule has 4 aromatic rings. The third kappa shape index (κ3) is 3.97. The molecule has 1 atom stereocenters. The molecule has 156 valence electrons. The van der Waals surface area contributed by atoms with Gasteiger partial charge >= 0.3 is 0 Å². The van der Waals surface area contributed by atoms with E-state index in [-0.39, 0.29) is 19.1 Å². The monoisotopic (exact) mass is 417 g/mol. The summed E-state index contributed by atoms with van der Waals surface area (Å²) in [5.41, 5.74) is 1.53. The van der Waals surface area contributed by atoms with Gasteiger partial charge in [-0.15, -0.1) is 15.3 Å². The highest BCUT2D eigenvalue weighted by molar-refractivity contribution is 5.81. The molecule has 1 aliphatic heterocycles. The number of aromatic nitrogens is 4. The molecule has 0 spiro atoms. The standard InChI is InChI=1S/C22H19N5O4/c28-22(18-14-30-16-8-4-5-9-17(16)31-18)23-12-13-29-20-11-10-19-24-25-21(27(19)26-20)15-6-2-1-3-7-15/h1-11,18H,12-14H2,(H,23,28). The average molecular weight is 417 g/mol. The van der Waals surface area contributed by atoms with Crippen LogP contribution < -0.4 is 19.5 Å². The largest absolute Gasteiger partial charge is 0.485 e. The molecule has 0 saturated heterocycles. The van der Waals surface area contributed by atoms with Crippen LogP contribution in [0.15, 0.2) is 66.7 Å². The minimum absolute atomic E-state index is 0.165. The van der Waals surface area contributed by atoms with Gasteiger partial charge in [-0.05, 0) is 18.2 Å². The van der Waals surface area contributed by atoms with Gasteiger partial charge in [0.1, 0.15) is 13.2 Å². The Balaban J connectivity index is 1.17. The van der Waals surface area contributed by atoms with Crippen LogP contribution >= 0.6 is 0 Å². The predicted octanol–water partition coefficient (Wildman–Crippen LogP) is 2.13. The Labute approximate surface area is 177 Å². The van der Waals surface area contributed by atoms with E-state index in [1.807, 2.05) is 42.5 Å². The second kappa shape index (κ2) is 8.31. The van der Waals surface area contributed by atoms with Crippen molar-refractivity contribution in [3.05, 3.63) is 66.7 Å². The number of fused-ring (bicyclic) bond motifs is 2. The fraction of sp³-hybridized carbons (Fsp3) is 0.182. The molecule has 9 heteroatoms. The number of benzene rings is 2. The fourth-order valence-corrected chi connectivity index (χ4v) is 3.21. The molecule has 0 bridgehead atoms. The van der Waals surface area contributed by atoms with E-state index in [1.54, 1.807) is 28.8 Å². The van der Waals surface area contributed by atoms with E-state index in [2.05, 4.69) is 20.6 Å². The molecule has 2 aromatic heterocycles. The second-order valence-electron chi connectivity index (χ2n) is 6.83. The van der Waals surface area contributed by atoms with Gasteiger partial charge in [0.15, 0.2) is 23.0 Å². The van der Waals surface area contributed by atoms with Gasteiger partial charge in [0.05, 0.1) is 6.54 Å². The van der Waals surface area contributed by atoms with Crippen LogP contribution in [0.3, 0.4) is 0 Å². The SMILES string of the molecule is O=C(NCCOc1ccc2nnc(-c3ccccc3)n2n1)C1COc2ccccc2O1. The van der Waals surface area contributed by atoms with E-state index in [4.69, 9.17) is 14.2 Å². The average Bonchev–Trinajstić information content (AvgIpc) is 3.25. The smallest absolute Gasteiger partial charge is 0.264 e. The van der Waals surface area contributed by atoms with Crippen LogP contribution in [0.25, 0.3) is 17.0 Å². The van der Waals surface area contributed by atoms with Crippen LogP contribution in [-0.4, -0.2) is 51.6 Å². The lowest BCUT2D eigenvalue weighted by Crippen LogP contribution is -2.45. The third-order valence-corrected chi connectivity index (χ3v) is 4.72. The Morgan fingerprint density at radius 1 is 1.03 bits per heavy atom. The zero-order chi connectivity index (χ0) is 21.0. The number of ether oxygens (including phenoxy) is 3.